The average Bonchev–Trinajstić information content (AvgIpc) is 3.10. The van der Waals surface area contributed by atoms with Gasteiger partial charge in [-0.2, -0.15) is 0 Å². The molecule has 2 bridgehead atoms. The van der Waals surface area contributed by atoms with Gasteiger partial charge in [0.25, 0.3) is 0 Å². The number of amides is 1. The van der Waals surface area contributed by atoms with E-state index < -0.39 is 10.0 Å². The summed E-state index contributed by atoms with van der Waals surface area (Å²) in [4.78, 5) is 12.4. The number of carbonyl (C=O) groups excluding carboxylic acids is 1. The summed E-state index contributed by atoms with van der Waals surface area (Å²) in [5, 5.41) is 3.24. The lowest BCUT2D eigenvalue weighted by atomic mass is 9.93. The molecule has 0 unspecified atom stereocenters. The molecule has 1 N–H and O–H groups in total. The van der Waals surface area contributed by atoms with Crippen molar-refractivity contribution in [1.82, 2.24) is 9.62 Å². The van der Waals surface area contributed by atoms with E-state index >= 15 is 0 Å². The maximum absolute atomic E-state index is 12.4. The Morgan fingerprint density at radius 2 is 1.86 bits per heavy atom. The highest BCUT2D eigenvalue weighted by atomic mass is 32.2. The Hall–Kier alpha value is -0.620. The van der Waals surface area contributed by atoms with E-state index in [4.69, 9.17) is 0 Å². The van der Waals surface area contributed by atoms with Crippen LogP contribution in [0.2, 0.25) is 0 Å². The van der Waals surface area contributed by atoms with Gasteiger partial charge < -0.3 is 5.32 Å². The van der Waals surface area contributed by atoms with E-state index in [9.17, 15) is 13.2 Å². The summed E-state index contributed by atoms with van der Waals surface area (Å²) in [5.41, 5.74) is 0. The van der Waals surface area contributed by atoms with Crippen molar-refractivity contribution in [3.63, 3.8) is 0 Å². The zero-order chi connectivity index (χ0) is 15.0. The van der Waals surface area contributed by atoms with E-state index in [-0.39, 0.29) is 17.6 Å². The molecule has 6 heteroatoms. The fourth-order valence-corrected chi connectivity index (χ4v) is 5.43. The van der Waals surface area contributed by atoms with E-state index in [0.29, 0.717) is 37.9 Å². The molecule has 120 valence electrons. The first kappa shape index (κ1) is 15.3. The summed E-state index contributed by atoms with van der Waals surface area (Å²) < 4.78 is 25.2. The zero-order valence-electron chi connectivity index (χ0n) is 12.8. The lowest BCUT2D eigenvalue weighted by molar-refractivity contribution is -0.127. The maximum Gasteiger partial charge on any atom is 0.223 e. The molecule has 21 heavy (non-hydrogen) atoms. The molecule has 3 fully saturated rings. The maximum atomic E-state index is 12.4. The topological polar surface area (TPSA) is 66.5 Å². The number of hydrogen-bond donors (Lipinski definition) is 1. The van der Waals surface area contributed by atoms with Crippen molar-refractivity contribution >= 4 is 15.9 Å². The van der Waals surface area contributed by atoms with Gasteiger partial charge in [-0.25, -0.2) is 12.7 Å². The molecule has 0 spiro atoms. The minimum Gasteiger partial charge on any atom is -0.353 e. The van der Waals surface area contributed by atoms with Crippen LogP contribution in [0.4, 0.5) is 0 Å². The number of nitrogens with one attached hydrogen (secondary N) is 1. The van der Waals surface area contributed by atoms with E-state index in [0.717, 1.165) is 12.3 Å². The number of nitrogens with zero attached hydrogens (tertiary/aromatic N) is 1. The number of carbonyl (C=O) groups is 1. The molecule has 2 saturated carbocycles. The lowest BCUT2D eigenvalue weighted by Crippen LogP contribution is -2.46. The zero-order valence-corrected chi connectivity index (χ0v) is 13.6. The molecule has 1 saturated heterocycles. The Balaban J connectivity index is 1.49. The SMILES string of the molecule is CCS(=O)(=O)N1CCC(C(=O)N[C@H]2C[C@H]3CC[C@@H]2C3)CC1. The van der Waals surface area contributed by atoms with Gasteiger partial charge in [0.05, 0.1) is 5.75 Å². The summed E-state index contributed by atoms with van der Waals surface area (Å²) in [7, 11) is -3.10. The minimum absolute atomic E-state index is 0.00701. The molecule has 1 heterocycles. The standard InChI is InChI=1S/C15H26N2O3S/c1-2-21(19,20)17-7-5-12(6-8-17)15(18)16-14-10-11-3-4-13(14)9-11/h11-14H,2-10H2,1H3,(H,16,18)/t11-,13+,14-/m0/s1. The number of sulfonamides is 1. The first-order chi connectivity index (χ1) is 9.99. The summed E-state index contributed by atoms with van der Waals surface area (Å²) in [6.07, 6.45) is 6.36. The second-order valence-corrected chi connectivity index (χ2v) is 9.12. The number of piperidine rings is 1. The van der Waals surface area contributed by atoms with Crippen molar-refractivity contribution in [2.24, 2.45) is 17.8 Å². The van der Waals surface area contributed by atoms with E-state index in [2.05, 4.69) is 5.32 Å². The van der Waals surface area contributed by atoms with Crippen LogP contribution in [0.3, 0.4) is 0 Å². The van der Waals surface area contributed by atoms with Gasteiger partial charge in [0.15, 0.2) is 0 Å². The van der Waals surface area contributed by atoms with Gasteiger partial charge in [-0.15, -0.1) is 0 Å². The number of fused-ring (bicyclic) bond motifs is 2. The predicted octanol–water partition coefficient (Wildman–Crippen LogP) is 1.35. The predicted molar refractivity (Wildman–Crippen MR) is 81.1 cm³/mol. The molecule has 0 radical (unpaired) electrons. The summed E-state index contributed by atoms with van der Waals surface area (Å²) in [6, 6.07) is 0.383. The second-order valence-electron chi connectivity index (χ2n) is 6.86. The van der Waals surface area contributed by atoms with Gasteiger partial charge in [0.2, 0.25) is 15.9 Å². The molecule has 3 aliphatic rings. The summed E-state index contributed by atoms with van der Waals surface area (Å²) in [5.74, 6) is 1.82. The Labute approximate surface area is 127 Å². The van der Waals surface area contributed by atoms with Crippen LogP contribution in [0.25, 0.3) is 0 Å². The summed E-state index contributed by atoms with van der Waals surface area (Å²) in [6.45, 7) is 2.65. The van der Waals surface area contributed by atoms with Crippen LogP contribution in [-0.2, 0) is 14.8 Å². The largest absolute Gasteiger partial charge is 0.353 e. The van der Waals surface area contributed by atoms with Crippen molar-refractivity contribution in [1.29, 1.82) is 0 Å². The van der Waals surface area contributed by atoms with Gasteiger partial charge >= 0.3 is 0 Å². The van der Waals surface area contributed by atoms with Crippen LogP contribution in [0, 0.1) is 17.8 Å². The fraction of sp³-hybridized carbons (Fsp3) is 0.933. The molecule has 1 amide bonds. The third-order valence-corrected chi connectivity index (χ3v) is 7.53. The first-order valence-electron chi connectivity index (χ1n) is 8.27. The highest BCUT2D eigenvalue weighted by Gasteiger charge is 2.41. The number of rotatable bonds is 4. The van der Waals surface area contributed by atoms with Crippen molar-refractivity contribution in [2.45, 2.75) is 51.5 Å². The van der Waals surface area contributed by atoms with E-state index in [1.807, 2.05) is 0 Å². The normalized spacial score (nSPS) is 34.2. The van der Waals surface area contributed by atoms with Crippen LogP contribution in [-0.4, -0.2) is 43.5 Å². The molecule has 1 aliphatic heterocycles. The molecular weight excluding hydrogens is 288 g/mol. The van der Waals surface area contributed by atoms with Crippen molar-refractivity contribution in [3.8, 4) is 0 Å². The van der Waals surface area contributed by atoms with Crippen LogP contribution < -0.4 is 5.32 Å². The van der Waals surface area contributed by atoms with E-state index in [1.165, 1.54) is 23.6 Å². The lowest BCUT2D eigenvalue weighted by Gasteiger charge is -2.32. The van der Waals surface area contributed by atoms with Gasteiger partial charge in [-0.05, 0) is 50.9 Å². The Bertz CT molecular complexity index is 497. The molecule has 3 rings (SSSR count). The van der Waals surface area contributed by atoms with Crippen LogP contribution >= 0.6 is 0 Å². The van der Waals surface area contributed by atoms with Crippen molar-refractivity contribution in [2.75, 3.05) is 18.8 Å². The molecule has 0 aromatic rings. The van der Waals surface area contributed by atoms with Gasteiger partial charge in [-0.3, -0.25) is 4.79 Å². The quantitative estimate of drug-likeness (QED) is 0.852. The molecule has 3 atom stereocenters. The molecule has 5 nitrogen and oxygen atoms in total. The highest BCUT2D eigenvalue weighted by molar-refractivity contribution is 7.89. The third kappa shape index (κ3) is 3.11. The first-order valence-corrected chi connectivity index (χ1v) is 9.88. The van der Waals surface area contributed by atoms with Gasteiger partial charge in [0.1, 0.15) is 0 Å². The van der Waals surface area contributed by atoms with Gasteiger partial charge in [0, 0.05) is 25.0 Å². The Morgan fingerprint density at radius 1 is 1.14 bits per heavy atom. The smallest absolute Gasteiger partial charge is 0.223 e. The fourth-order valence-electron chi connectivity index (χ4n) is 4.30. The van der Waals surface area contributed by atoms with Crippen LogP contribution in [0.1, 0.15) is 45.4 Å². The second kappa shape index (κ2) is 5.88. The Kier molecular flexibility index (Phi) is 4.28. The summed E-state index contributed by atoms with van der Waals surface area (Å²) >= 11 is 0. The van der Waals surface area contributed by atoms with Crippen molar-refractivity contribution in [3.05, 3.63) is 0 Å². The molecular formula is C15H26N2O3S. The molecule has 2 aliphatic carbocycles. The monoisotopic (exact) mass is 314 g/mol. The van der Waals surface area contributed by atoms with Crippen LogP contribution in [0.5, 0.6) is 0 Å². The molecule has 0 aromatic carbocycles. The van der Waals surface area contributed by atoms with Crippen LogP contribution in [0.15, 0.2) is 0 Å². The highest BCUT2D eigenvalue weighted by Crippen LogP contribution is 2.44. The van der Waals surface area contributed by atoms with E-state index in [1.54, 1.807) is 6.92 Å². The third-order valence-electron chi connectivity index (χ3n) is 5.65. The number of hydrogen-bond acceptors (Lipinski definition) is 3. The van der Waals surface area contributed by atoms with Gasteiger partial charge in [-0.1, -0.05) is 6.42 Å². The van der Waals surface area contributed by atoms with Crippen molar-refractivity contribution < 1.29 is 13.2 Å². The molecule has 0 aromatic heterocycles. The average molecular weight is 314 g/mol. The Morgan fingerprint density at radius 3 is 2.38 bits per heavy atom. The minimum atomic E-state index is -3.10.